The number of nitrogens with zero attached hydrogens (tertiary/aromatic N) is 2. The third kappa shape index (κ3) is 3.00. The summed E-state index contributed by atoms with van der Waals surface area (Å²) in [6, 6.07) is 6.14. The van der Waals surface area contributed by atoms with Gasteiger partial charge in [-0.25, -0.2) is 4.98 Å². The van der Waals surface area contributed by atoms with Crippen LogP contribution < -0.4 is 19.5 Å². The predicted octanol–water partition coefficient (Wildman–Crippen LogP) is 2.76. The van der Waals surface area contributed by atoms with Crippen molar-refractivity contribution in [1.82, 2.24) is 4.98 Å². The molecule has 2 aromatic rings. The fraction of sp³-hybridized carbons (Fsp3) is 0.214. The van der Waals surface area contributed by atoms with E-state index in [4.69, 9.17) is 14.2 Å². The van der Waals surface area contributed by atoms with Crippen molar-refractivity contribution in [2.24, 2.45) is 0 Å². The van der Waals surface area contributed by atoms with Gasteiger partial charge in [0, 0.05) is 30.1 Å². The summed E-state index contributed by atoms with van der Waals surface area (Å²) < 4.78 is 15.7. The Bertz CT molecular complexity index is 665. The minimum atomic E-state index is -0.507. The number of benzene rings is 1. The molecule has 0 fully saturated rings. The molecule has 1 aromatic heterocycles. The topological polar surface area (TPSA) is 95.8 Å². The first-order valence-corrected chi connectivity index (χ1v) is 6.27. The molecule has 0 atom stereocenters. The number of hydrogen-bond donors (Lipinski definition) is 1. The highest BCUT2D eigenvalue weighted by Crippen LogP contribution is 2.41. The number of aromatic nitrogens is 1. The van der Waals surface area contributed by atoms with Crippen LogP contribution in [0, 0.1) is 10.1 Å². The van der Waals surface area contributed by atoms with E-state index in [0.29, 0.717) is 22.9 Å². The van der Waals surface area contributed by atoms with Crippen LogP contribution in [-0.2, 0) is 0 Å². The van der Waals surface area contributed by atoms with Gasteiger partial charge in [0.1, 0.15) is 0 Å². The Morgan fingerprint density at radius 3 is 2.27 bits per heavy atom. The predicted molar refractivity (Wildman–Crippen MR) is 80.3 cm³/mol. The molecule has 0 aliphatic rings. The Balaban J connectivity index is 2.44. The van der Waals surface area contributed by atoms with Crippen molar-refractivity contribution in [3.63, 3.8) is 0 Å². The number of pyridine rings is 1. The molecule has 0 unspecified atom stereocenters. The highest BCUT2D eigenvalue weighted by molar-refractivity contribution is 5.70. The summed E-state index contributed by atoms with van der Waals surface area (Å²) in [5.74, 6) is 1.43. The lowest BCUT2D eigenvalue weighted by Gasteiger charge is -2.14. The van der Waals surface area contributed by atoms with Gasteiger partial charge in [0.05, 0.1) is 26.3 Å². The number of methoxy groups -OCH3 is 3. The smallest absolute Gasteiger partial charge is 0.311 e. The monoisotopic (exact) mass is 305 g/mol. The van der Waals surface area contributed by atoms with Crippen LogP contribution in [0.4, 0.5) is 17.2 Å². The highest BCUT2D eigenvalue weighted by Gasteiger charge is 2.17. The van der Waals surface area contributed by atoms with Crippen LogP contribution in [0.15, 0.2) is 30.5 Å². The van der Waals surface area contributed by atoms with Gasteiger partial charge in [-0.15, -0.1) is 0 Å². The third-order valence-corrected chi connectivity index (χ3v) is 2.91. The van der Waals surface area contributed by atoms with Crippen LogP contribution in [-0.4, -0.2) is 31.2 Å². The number of anilines is 2. The summed E-state index contributed by atoms with van der Waals surface area (Å²) in [5.41, 5.74) is 0.396. The summed E-state index contributed by atoms with van der Waals surface area (Å²) >= 11 is 0. The summed E-state index contributed by atoms with van der Waals surface area (Å²) in [6.45, 7) is 0. The molecule has 0 amide bonds. The molecular weight excluding hydrogens is 290 g/mol. The molecule has 0 aliphatic carbocycles. The first-order valence-electron chi connectivity index (χ1n) is 6.27. The van der Waals surface area contributed by atoms with Crippen molar-refractivity contribution in [3.05, 3.63) is 40.6 Å². The fourth-order valence-electron chi connectivity index (χ4n) is 1.93. The SMILES string of the molecule is COc1cc(Nc2ncccc2[N+](=O)[O-])cc(OC)c1OC. The van der Waals surface area contributed by atoms with Gasteiger partial charge in [-0.3, -0.25) is 10.1 Å². The quantitative estimate of drug-likeness (QED) is 0.647. The van der Waals surface area contributed by atoms with E-state index < -0.39 is 4.92 Å². The fourth-order valence-corrected chi connectivity index (χ4v) is 1.93. The zero-order valence-electron chi connectivity index (χ0n) is 12.3. The van der Waals surface area contributed by atoms with E-state index in [1.54, 1.807) is 12.1 Å². The Labute approximate surface area is 126 Å². The van der Waals surface area contributed by atoms with E-state index in [1.165, 1.54) is 39.7 Å². The molecule has 1 aromatic carbocycles. The molecule has 1 heterocycles. The number of nitrogens with one attached hydrogen (secondary N) is 1. The van der Waals surface area contributed by atoms with Crippen molar-refractivity contribution >= 4 is 17.2 Å². The average Bonchev–Trinajstić information content (AvgIpc) is 2.54. The second-order valence-electron chi connectivity index (χ2n) is 4.17. The van der Waals surface area contributed by atoms with Crippen molar-refractivity contribution in [3.8, 4) is 17.2 Å². The van der Waals surface area contributed by atoms with E-state index in [-0.39, 0.29) is 11.5 Å². The lowest BCUT2D eigenvalue weighted by atomic mass is 10.2. The van der Waals surface area contributed by atoms with Gasteiger partial charge in [0.2, 0.25) is 11.6 Å². The van der Waals surface area contributed by atoms with Crippen LogP contribution >= 0.6 is 0 Å². The Hall–Kier alpha value is -3.03. The molecule has 2 rings (SSSR count). The maximum atomic E-state index is 11.0. The van der Waals surface area contributed by atoms with Gasteiger partial charge in [-0.1, -0.05) is 0 Å². The van der Waals surface area contributed by atoms with Crippen molar-refractivity contribution < 1.29 is 19.1 Å². The normalized spacial score (nSPS) is 9.95. The zero-order valence-corrected chi connectivity index (χ0v) is 12.3. The third-order valence-electron chi connectivity index (χ3n) is 2.91. The van der Waals surface area contributed by atoms with Crippen molar-refractivity contribution in [2.75, 3.05) is 26.6 Å². The van der Waals surface area contributed by atoms with Gasteiger partial charge >= 0.3 is 5.69 Å². The van der Waals surface area contributed by atoms with Gasteiger partial charge in [-0.05, 0) is 6.07 Å². The maximum Gasteiger partial charge on any atom is 0.311 e. The van der Waals surface area contributed by atoms with E-state index in [2.05, 4.69) is 10.3 Å². The zero-order chi connectivity index (χ0) is 16.1. The number of nitro groups is 1. The van der Waals surface area contributed by atoms with Gasteiger partial charge in [0.25, 0.3) is 0 Å². The van der Waals surface area contributed by atoms with Gasteiger partial charge < -0.3 is 19.5 Å². The Kier molecular flexibility index (Phi) is 4.62. The van der Waals surface area contributed by atoms with Crippen LogP contribution in [0.3, 0.4) is 0 Å². The first kappa shape index (κ1) is 15.4. The average molecular weight is 305 g/mol. The molecule has 0 spiro atoms. The second-order valence-corrected chi connectivity index (χ2v) is 4.17. The number of rotatable bonds is 6. The van der Waals surface area contributed by atoms with Gasteiger partial charge in [0.15, 0.2) is 11.5 Å². The van der Waals surface area contributed by atoms with Crippen molar-refractivity contribution in [1.29, 1.82) is 0 Å². The molecule has 22 heavy (non-hydrogen) atoms. The summed E-state index contributed by atoms with van der Waals surface area (Å²) in [5, 5.41) is 13.9. The molecule has 0 bridgehead atoms. The highest BCUT2D eigenvalue weighted by atomic mass is 16.6. The molecule has 0 aliphatic heterocycles. The largest absolute Gasteiger partial charge is 0.493 e. The van der Waals surface area contributed by atoms with E-state index in [0.717, 1.165) is 0 Å². The lowest BCUT2D eigenvalue weighted by Crippen LogP contribution is -2.01. The molecule has 0 saturated carbocycles. The summed E-state index contributed by atoms with van der Waals surface area (Å²) in [4.78, 5) is 14.5. The van der Waals surface area contributed by atoms with Crippen LogP contribution in [0.2, 0.25) is 0 Å². The first-order chi connectivity index (χ1) is 10.6. The maximum absolute atomic E-state index is 11.0. The molecule has 8 heteroatoms. The van der Waals surface area contributed by atoms with E-state index >= 15 is 0 Å². The van der Waals surface area contributed by atoms with Crippen LogP contribution in [0.25, 0.3) is 0 Å². The number of hydrogen-bond acceptors (Lipinski definition) is 7. The van der Waals surface area contributed by atoms with E-state index in [9.17, 15) is 10.1 Å². The molecule has 1 N–H and O–H groups in total. The summed E-state index contributed by atoms with van der Waals surface area (Å²) in [7, 11) is 4.48. The Morgan fingerprint density at radius 2 is 1.77 bits per heavy atom. The second kappa shape index (κ2) is 6.61. The van der Waals surface area contributed by atoms with Crippen LogP contribution in [0.1, 0.15) is 0 Å². The van der Waals surface area contributed by atoms with Gasteiger partial charge in [-0.2, -0.15) is 0 Å². The molecule has 8 nitrogen and oxygen atoms in total. The van der Waals surface area contributed by atoms with E-state index in [1.807, 2.05) is 0 Å². The van der Waals surface area contributed by atoms with Crippen molar-refractivity contribution in [2.45, 2.75) is 0 Å². The molecule has 116 valence electrons. The molecule has 0 saturated heterocycles. The van der Waals surface area contributed by atoms with Crippen LogP contribution in [0.5, 0.6) is 17.2 Å². The number of ether oxygens (including phenoxy) is 3. The molecule has 0 radical (unpaired) electrons. The summed E-state index contributed by atoms with van der Waals surface area (Å²) in [6.07, 6.45) is 1.47. The lowest BCUT2D eigenvalue weighted by molar-refractivity contribution is -0.384. The minimum absolute atomic E-state index is 0.127. The minimum Gasteiger partial charge on any atom is -0.493 e. The standard InChI is InChI=1S/C14H15N3O5/c1-20-11-7-9(8-12(21-2)13(11)22-3)16-14-10(17(18)19)5-4-6-15-14/h4-8H,1-3H3,(H,15,16). The Morgan fingerprint density at radius 1 is 1.14 bits per heavy atom. The molecular formula is C14H15N3O5.